The molecule has 0 saturated heterocycles. The summed E-state index contributed by atoms with van der Waals surface area (Å²) in [6, 6.07) is 23.2. The van der Waals surface area contributed by atoms with Crippen molar-refractivity contribution in [1.82, 2.24) is 9.55 Å². The molecule has 0 aliphatic heterocycles. The smallest absolute Gasteiger partial charge is 0.127 e. The quantitative estimate of drug-likeness (QED) is 0.352. The molecule has 2 N–H and O–H groups in total. The fourth-order valence-corrected chi connectivity index (χ4v) is 3.38. The van der Waals surface area contributed by atoms with E-state index >= 15 is 0 Å². The first-order chi connectivity index (χ1) is 14.5. The van der Waals surface area contributed by atoms with Gasteiger partial charge < -0.3 is 15.0 Å². The van der Waals surface area contributed by atoms with Crippen LogP contribution in [0.4, 0.5) is 5.69 Å². The molecule has 4 rings (SSSR count). The molecule has 0 radical (unpaired) electrons. The maximum absolute atomic E-state index is 5.94. The van der Waals surface area contributed by atoms with E-state index in [1.807, 2.05) is 72.8 Å². The number of imidazole rings is 1. The number of nitrogens with two attached hydrogens (primary N) is 1. The second kappa shape index (κ2) is 8.64. The number of ether oxygens (including phenoxy) is 1. The van der Waals surface area contributed by atoms with E-state index in [0.29, 0.717) is 10.9 Å². The van der Waals surface area contributed by atoms with Crippen LogP contribution in [-0.2, 0) is 6.42 Å². The Morgan fingerprint density at radius 2 is 1.50 bits per heavy atom. The molecule has 0 unspecified atom stereocenters. The van der Waals surface area contributed by atoms with Gasteiger partial charge in [0.05, 0.1) is 5.69 Å². The van der Waals surface area contributed by atoms with Crippen molar-refractivity contribution in [3.8, 4) is 28.4 Å². The van der Waals surface area contributed by atoms with Crippen molar-refractivity contribution in [2.45, 2.75) is 20.3 Å². The van der Waals surface area contributed by atoms with E-state index in [2.05, 4.69) is 24.6 Å². The number of halogens is 1. The fraction of sp³-hybridized carbons (Fsp3) is 0.160. The number of benzene rings is 3. The van der Waals surface area contributed by atoms with Crippen molar-refractivity contribution >= 4 is 17.3 Å². The molecule has 0 atom stereocenters. The lowest BCUT2D eigenvalue weighted by atomic mass is 10.1. The van der Waals surface area contributed by atoms with E-state index in [1.54, 1.807) is 0 Å². The molecule has 0 aliphatic carbocycles. The van der Waals surface area contributed by atoms with Gasteiger partial charge in [-0.2, -0.15) is 0 Å². The lowest BCUT2D eigenvalue weighted by molar-refractivity contribution is 0.482. The molecule has 0 aliphatic rings. The van der Waals surface area contributed by atoms with Gasteiger partial charge in [0.2, 0.25) is 0 Å². The maximum atomic E-state index is 5.94. The fourth-order valence-electron chi connectivity index (χ4n) is 3.26. The Kier molecular flexibility index (Phi) is 5.77. The van der Waals surface area contributed by atoms with Crippen molar-refractivity contribution in [2.24, 2.45) is 5.92 Å². The third-order valence-corrected chi connectivity index (χ3v) is 4.99. The number of aromatic nitrogens is 2. The molecular formula is C25H24ClN3O. The first-order valence-corrected chi connectivity index (χ1v) is 10.3. The van der Waals surface area contributed by atoms with Gasteiger partial charge in [0, 0.05) is 34.6 Å². The molecule has 3 aromatic carbocycles. The van der Waals surface area contributed by atoms with Gasteiger partial charge in [0.15, 0.2) is 0 Å². The van der Waals surface area contributed by atoms with Crippen LogP contribution in [0, 0.1) is 5.92 Å². The minimum absolute atomic E-state index is 0.498. The number of nitrogens with zero attached hydrogens (tertiary/aromatic N) is 2. The number of rotatable bonds is 6. The summed E-state index contributed by atoms with van der Waals surface area (Å²) in [7, 11) is 0. The molecule has 152 valence electrons. The minimum Gasteiger partial charge on any atom is -0.457 e. The van der Waals surface area contributed by atoms with Gasteiger partial charge in [-0.1, -0.05) is 37.6 Å². The zero-order chi connectivity index (χ0) is 21.1. The van der Waals surface area contributed by atoms with Crippen LogP contribution < -0.4 is 10.5 Å². The molecule has 1 aromatic heterocycles. The van der Waals surface area contributed by atoms with Gasteiger partial charge in [-0.3, -0.25) is 0 Å². The Hall–Kier alpha value is -3.24. The highest BCUT2D eigenvalue weighted by Gasteiger charge is 2.13. The third kappa shape index (κ3) is 4.66. The second-order valence-electron chi connectivity index (χ2n) is 7.68. The van der Waals surface area contributed by atoms with Gasteiger partial charge in [-0.25, -0.2) is 4.98 Å². The predicted octanol–water partition coefficient (Wildman–Crippen LogP) is 6.77. The highest BCUT2D eigenvalue weighted by molar-refractivity contribution is 6.30. The molecule has 0 spiro atoms. The molecule has 0 fully saturated rings. The Morgan fingerprint density at radius 1 is 0.900 bits per heavy atom. The van der Waals surface area contributed by atoms with Crippen LogP contribution in [0.2, 0.25) is 5.02 Å². The number of hydrogen-bond acceptors (Lipinski definition) is 3. The van der Waals surface area contributed by atoms with Gasteiger partial charge in [-0.05, 0) is 66.6 Å². The average molecular weight is 418 g/mol. The summed E-state index contributed by atoms with van der Waals surface area (Å²) >= 11 is 5.94. The maximum Gasteiger partial charge on any atom is 0.127 e. The van der Waals surface area contributed by atoms with E-state index in [1.165, 1.54) is 0 Å². The monoisotopic (exact) mass is 417 g/mol. The molecule has 0 bridgehead atoms. The summed E-state index contributed by atoms with van der Waals surface area (Å²) in [5, 5.41) is 0.687. The molecule has 1 heterocycles. The van der Waals surface area contributed by atoms with E-state index in [9.17, 15) is 0 Å². The average Bonchev–Trinajstić information content (AvgIpc) is 3.14. The van der Waals surface area contributed by atoms with E-state index < -0.39 is 0 Å². The van der Waals surface area contributed by atoms with Crippen molar-refractivity contribution in [3.05, 3.63) is 89.8 Å². The van der Waals surface area contributed by atoms with E-state index in [0.717, 1.165) is 46.4 Å². The Balaban J connectivity index is 1.63. The van der Waals surface area contributed by atoms with Crippen molar-refractivity contribution in [1.29, 1.82) is 0 Å². The molecule has 30 heavy (non-hydrogen) atoms. The summed E-state index contributed by atoms with van der Waals surface area (Å²) in [4.78, 5) is 4.90. The lowest BCUT2D eigenvalue weighted by Gasteiger charge is -2.11. The minimum atomic E-state index is 0.498. The highest BCUT2D eigenvalue weighted by Crippen LogP contribution is 2.27. The predicted molar refractivity (Wildman–Crippen MR) is 123 cm³/mol. The van der Waals surface area contributed by atoms with Crippen LogP contribution in [0.25, 0.3) is 16.9 Å². The topological polar surface area (TPSA) is 53.1 Å². The summed E-state index contributed by atoms with van der Waals surface area (Å²) in [5.41, 5.74) is 9.61. The standard InChI is InChI=1S/C25H24ClN3O/c1-17(2)15-25-28-24(18-3-7-20(27)8-4-18)16-29(25)21-9-13-23(14-10-21)30-22-11-5-19(26)6-12-22/h3-14,16-17H,15,27H2,1-2H3. The Bertz CT molecular complexity index is 1110. The van der Waals surface area contributed by atoms with Crippen LogP contribution >= 0.6 is 11.6 Å². The van der Waals surface area contributed by atoms with Crippen LogP contribution in [-0.4, -0.2) is 9.55 Å². The summed E-state index contributed by atoms with van der Waals surface area (Å²) in [5.74, 6) is 3.05. The summed E-state index contributed by atoms with van der Waals surface area (Å²) in [6.07, 6.45) is 2.97. The van der Waals surface area contributed by atoms with Gasteiger partial charge in [0.1, 0.15) is 17.3 Å². The number of hydrogen-bond donors (Lipinski definition) is 1. The Labute approximate surface area is 181 Å². The van der Waals surface area contributed by atoms with Crippen molar-refractivity contribution < 1.29 is 4.74 Å². The van der Waals surface area contributed by atoms with E-state index in [-0.39, 0.29) is 0 Å². The van der Waals surface area contributed by atoms with Crippen LogP contribution in [0.3, 0.4) is 0 Å². The molecule has 5 heteroatoms. The van der Waals surface area contributed by atoms with Crippen molar-refractivity contribution in [3.63, 3.8) is 0 Å². The largest absolute Gasteiger partial charge is 0.457 e. The van der Waals surface area contributed by atoms with Crippen LogP contribution in [0.1, 0.15) is 19.7 Å². The summed E-state index contributed by atoms with van der Waals surface area (Å²) < 4.78 is 8.06. The second-order valence-corrected chi connectivity index (χ2v) is 8.12. The molecule has 0 saturated carbocycles. The number of anilines is 1. The lowest BCUT2D eigenvalue weighted by Crippen LogP contribution is -2.04. The Morgan fingerprint density at radius 3 is 2.10 bits per heavy atom. The first kappa shape index (κ1) is 20.0. The van der Waals surface area contributed by atoms with Crippen LogP contribution in [0.15, 0.2) is 79.0 Å². The zero-order valence-electron chi connectivity index (χ0n) is 17.0. The molecule has 0 amide bonds. The first-order valence-electron chi connectivity index (χ1n) is 9.96. The molecule has 4 nitrogen and oxygen atoms in total. The van der Waals surface area contributed by atoms with E-state index in [4.69, 9.17) is 27.1 Å². The SMILES string of the molecule is CC(C)Cc1nc(-c2ccc(N)cc2)cn1-c1ccc(Oc2ccc(Cl)cc2)cc1. The zero-order valence-corrected chi connectivity index (χ0v) is 17.8. The third-order valence-electron chi connectivity index (χ3n) is 4.74. The molecule has 4 aromatic rings. The highest BCUT2D eigenvalue weighted by atomic mass is 35.5. The normalized spacial score (nSPS) is 11.1. The van der Waals surface area contributed by atoms with Gasteiger partial charge in [0.25, 0.3) is 0 Å². The van der Waals surface area contributed by atoms with Gasteiger partial charge in [-0.15, -0.1) is 0 Å². The number of nitrogen functional groups attached to an aromatic ring is 1. The molecular weight excluding hydrogens is 394 g/mol. The van der Waals surface area contributed by atoms with Crippen molar-refractivity contribution in [2.75, 3.05) is 5.73 Å². The summed E-state index contributed by atoms with van der Waals surface area (Å²) in [6.45, 7) is 4.40. The van der Waals surface area contributed by atoms with Gasteiger partial charge >= 0.3 is 0 Å². The van der Waals surface area contributed by atoms with Crippen LogP contribution in [0.5, 0.6) is 11.5 Å².